The van der Waals surface area contributed by atoms with E-state index in [2.05, 4.69) is 19.4 Å². The van der Waals surface area contributed by atoms with Crippen molar-refractivity contribution in [1.29, 1.82) is 0 Å². The van der Waals surface area contributed by atoms with Crippen LogP contribution in [0.25, 0.3) is 0 Å². The van der Waals surface area contributed by atoms with Gasteiger partial charge in [0.05, 0.1) is 12.0 Å². The Labute approximate surface area is 136 Å². The van der Waals surface area contributed by atoms with Crippen LogP contribution in [0.1, 0.15) is 11.5 Å². The van der Waals surface area contributed by atoms with Gasteiger partial charge in [0.25, 0.3) is 10.0 Å². The maximum Gasteiger partial charge on any atom is 0.262 e. The fraction of sp³-hybridized carbons (Fsp3) is 0.571. The summed E-state index contributed by atoms with van der Waals surface area (Å²) in [6.07, 6.45) is 5.54. The van der Waals surface area contributed by atoms with Gasteiger partial charge in [-0.2, -0.15) is 4.31 Å². The minimum Gasteiger partial charge on any atom is -0.339 e. The molecule has 0 aromatic carbocycles. The molecule has 0 unspecified atom stereocenters. The number of sulfonamides is 1. The zero-order chi connectivity index (χ0) is 16.6. The molecule has 0 saturated carbocycles. The molecule has 0 aliphatic carbocycles. The molecule has 0 amide bonds. The molecule has 23 heavy (non-hydrogen) atoms. The van der Waals surface area contributed by atoms with Gasteiger partial charge in [0.1, 0.15) is 5.82 Å². The van der Waals surface area contributed by atoms with E-state index in [1.165, 1.54) is 16.8 Å². The number of aromatic nitrogens is 4. The standard InChI is InChI=1S/C14H22N6O2S/c1-17(2)9-12-8-15-13-4-5-19(6-7-20(12)13)23(21,22)14-10-18(3)11-16-14/h8,10-11H,4-7,9H2,1-3H3. The van der Waals surface area contributed by atoms with Crippen molar-refractivity contribution in [3.8, 4) is 0 Å². The Balaban J connectivity index is 1.81. The van der Waals surface area contributed by atoms with E-state index in [4.69, 9.17) is 0 Å². The molecule has 3 rings (SSSR count). The zero-order valence-corrected chi connectivity index (χ0v) is 14.5. The second-order valence-electron chi connectivity index (χ2n) is 6.09. The van der Waals surface area contributed by atoms with Crippen LogP contribution in [0.3, 0.4) is 0 Å². The van der Waals surface area contributed by atoms with E-state index >= 15 is 0 Å². The second-order valence-corrected chi connectivity index (χ2v) is 7.97. The summed E-state index contributed by atoms with van der Waals surface area (Å²) in [6, 6.07) is 0. The Hall–Kier alpha value is -1.71. The lowest BCUT2D eigenvalue weighted by Crippen LogP contribution is -2.34. The number of hydrogen-bond acceptors (Lipinski definition) is 5. The first-order chi connectivity index (χ1) is 10.9. The fourth-order valence-electron chi connectivity index (χ4n) is 2.82. The number of imidazole rings is 2. The van der Waals surface area contributed by atoms with E-state index in [9.17, 15) is 8.42 Å². The third-order valence-electron chi connectivity index (χ3n) is 3.94. The summed E-state index contributed by atoms with van der Waals surface area (Å²) in [4.78, 5) is 10.5. The van der Waals surface area contributed by atoms with Crippen molar-refractivity contribution in [2.24, 2.45) is 7.05 Å². The van der Waals surface area contributed by atoms with Gasteiger partial charge in [-0.05, 0) is 14.1 Å². The van der Waals surface area contributed by atoms with Crippen LogP contribution >= 0.6 is 0 Å². The van der Waals surface area contributed by atoms with Crippen LogP contribution in [0.2, 0.25) is 0 Å². The monoisotopic (exact) mass is 338 g/mol. The summed E-state index contributed by atoms with van der Waals surface area (Å²) < 4.78 is 30.7. The van der Waals surface area contributed by atoms with Crippen molar-refractivity contribution >= 4 is 10.0 Å². The quantitative estimate of drug-likeness (QED) is 0.780. The maximum absolute atomic E-state index is 12.7. The van der Waals surface area contributed by atoms with Gasteiger partial charge < -0.3 is 14.0 Å². The van der Waals surface area contributed by atoms with Crippen LogP contribution in [0.5, 0.6) is 0 Å². The van der Waals surface area contributed by atoms with Gasteiger partial charge in [-0.1, -0.05) is 0 Å². The van der Waals surface area contributed by atoms with Crippen molar-refractivity contribution in [3.63, 3.8) is 0 Å². The lowest BCUT2D eigenvalue weighted by Gasteiger charge is -2.18. The van der Waals surface area contributed by atoms with E-state index in [-0.39, 0.29) is 5.03 Å². The smallest absolute Gasteiger partial charge is 0.262 e. The summed E-state index contributed by atoms with van der Waals surface area (Å²) in [5.74, 6) is 0.945. The second kappa shape index (κ2) is 6.06. The average molecular weight is 338 g/mol. The Morgan fingerprint density at radius 2 is 2.00 bits per heavy atom. The van der Waals surface area contributed by atoms with Crippen molar-refractivity contribution in [1.82, 2.24) is 28.3 Å². The third-order valence-corrected chi connectivity index (χ3v) is 5.73. The summed E-state index contributed by atoms with van der Waals surface area (Å²) >= 11 is 0. The van der Waals surface area contributed by atoms with Gasteiger partial charge in [-0.25, -0.2) is 18.4 Å². The maximum atomic E-state index is 12.7. The predicted molar refractivity (Wildman–Crippen MR) is 85.3 cm³/mol. The molecule has 0 saturated heterocycles. The number of aryl methyl sites for hydroxylation is 1. The minimum atomic E-state index is -3.55. The molecular formula is C14H22N6O2S. The Morgan fingerprint density at radius 1 is 1.22 bits per heavy atom. The molecule has 2 aromatic rings. The molecule has 0 bridgehead atoms. The van der Waals surface area contributed by atoms with E-state index in [1.807, 2.05) is 20.3 Å². The molecule has 0 N–H and O–H groups in total. The van der Waals surface area contributed by atoms with Crippen LogP contribution < -0.4 is 0 Å². The highest BCUT2D eigenvalue weighted by molar-refractivity contribution is 7.89. The third kappa shape index (κ3) is 3.17. The van der Waals surface area contributed by atoms with Crippen molar-refractivity contribution in [3.05, 3.63) is 30.2 Å². The molecule has 0 spiro atoms. The highest BCUT2D eigenvalue weighted by atomic mass is 32.2. The molecule has 1 aliphatic rings. The first kappa shape index (κ1) is 16.2. The SMILES string of the molecule is CN(C)Cc1cnc2n1CCN(S(=O)(=O)c1cn(C)cn1)CC2. The Bertz CT molecular complexity index is 792. The Morgan fingerprint density at radius 3 is 2.65 bits per heavy atom. The van der Waals surface area contributed by atoms with Crippen LogP contribution in [-0.4, -0.2) is 63.9 Å². The first-order valence-electron chi connectivity index (χ1n) is 7.54. The molecule has 0 fully saturated rings. The zero-order valence-electron chi connectivity index (χ0n) is 13.7. The summed E-state index contributed by atoms with van der Waals surface area (Å²) in [6.45, 7) is 2.27. The highest BCUT2D eigenvalue weighted by Crippen LogP contribution is 2.18. The highest BCUT2D eigenvalue weighted by Gasteiger charge is 2.29. The van der Waals surface area contributed by atoms with Gasteiger partial charge in [-0.3, -0.25) is 0 Å². The van der Waals surface area contributed by atoms with Gasteiger partial charge in [0.15, 0.2) is 5.03 Å². The molecule has 9 heteroatoms. The molecule has 2 aromatic heterocycles. The summed E-state index contributed by atoms with van der Waals surface area (Å²) in [7, 11) is 2.23. The molecule has 8 nitrogen and oxygen atoms in total. The molecule has 1 aliphatic heterocycles. The average Bonchev–Trinajstić information content (AvgIpc) is 2.99. The predicted octanol–water partition coefficient (Wildman–Crippen LogP) is -0.0748. The fourth-order valence-corrected chi connectivity index (χ4v) is 4.22. The number of rotatable bonds is 4. The molecule has 3 heterocycles. The van der Waals surface area contributed by atoms with Gasteiger partial charge >= 0.3 is 0 Å². The Kier molecular flexibility index (Phi) is 4.26. The lowest BCUT2D eigenvalue weighted by molar-refractivity contribution is 0.378. The molecule has 0 atom stereocenters. The van der Waals surface area contributed by atoms with E-state index in [0.29, 0.717) is 26.1 Å². The van der Waals surface area contributed by atoms with Crippen molar-refractivity contribution < 1.29 is 8.42 Å². The molecular weight excluding hydrogens is 316 g/mol. The molecule has 126 valence electrons. The van der Waals surface area contributed by atoms with E-state index in [1.54, 1.807) is 11.6 Å². The van der Waals surface area contributed by atoms with Gasteiger partial charge in [0.2, 0.25) is 0 Å². The topological polar surface area (TPSA) is 76.3 Å². The van der Waals surface area contributed by atoms with Crippen molar-refractivity contribution in [2.45, 2.75) is 24.5 Å². The number of fused-ring (bicyclic) bond motifs is 1. The van der Waals surface area contributed by atoms with E-state index < -0.39 is 10.0 Å². The van der Waals surface area contributed by atoms with Crippen LogP contribution in [0.15, 0.2) is 23.7 Å². The summed E-state index contributed by atoms with van der Waals surface area (Å²) in [5.41, 5.74) is 1.11. The van der Waals surface area contributed by atoms with E-state index in [0.717, 1.165) is 18.1 Å². The van der Waals surface area contributed by atoms with Crippen LogP contribution in [-0.2, 0) is 36.6 Å². The van der Waals surface area contributed by atoms with Gasteiger partial charge in [0, 0.05) is 52.0 Å². The first-order valence-corrected chi connectivity index (χ1v) is 8.98. The summed E-state index contributed by atoms with van der Waals surface area (Å²) in [5, 5.41) is 0.105. The number of hydrogen-bond donors (Lipinski definition) is 0. The molecule has 0 radical (unpaired) electrons. The number of nitrogens with zero attached hydrogens (tertiary/aromatic N) is 6. The lowest BCUT2D eigenvalue weighted by atomic mass is 10.4. The minimum absolute atomic E-state index is 0.105. The van der Waals surface area contributed by atoms with Crippen molar-refractivity contribution in [2.75, 3.05) is 27.2 Å². The normalized spacial score (nSPS) is 16.5. The van der Waals surface area contributed by atoms with Crippen LogP contribution in [0.4, 0.5) is 0 Å². The largest absolute Gasteiger partial charge is 0.339 e. The van der Waals surface area contributed by atoms with Crippen LogP contribution in [0, 0.1) is 0 Å². The van der Waals surface area contributed by atoms with Gasteiger partial charge in [-0.15, -0.1) is 0 Å².